The molecule has 0 saturated heterocycles. The van der Waals surface area contributed by atoms with Crippen molar-refractivity contribution in [2.45, 2.75) is 6.92 Å². The van der Waals surface area contributed by atoms with Crippen LogP contribution in [0.5, 0.6) is 0 Å². The van der Waals surface area contributed by atoms with Crippen molar-refractivity contribution in [2.75, 3.05) is 12.0 Å². The fraction of sp³-hybridized carbons (Fsp3) is 0.0952. The predicted octanol–water partition coefficient (Wildman–Crippen LogP) is 10.6. The minimum Gasteiger partial charge on any atom is -0.462 e. The highest BCUT2D eigenvalue weighted by molar-refractivity contribution is 6.39. The first-order valence-corrected chi connectivity index (χ1v) is 20.1. The summed E-state index contributed by atoms with van der Waals surface area (Å²) in [7, 11) is 3.50. The predicted molar refractivity (Wildman–Crippen MR) is 241 cm³/mol. The van der Waals surface area contributed by atoms with E-state index in [2.05, 4.69) is 30.7 Å². The Hall–Kier alpha value is -6.07. The van der Waals surface area contributed by atoms with Crippen LogP contribution in [0.4, 0.5) is 14.5 Å². The van der Waals surface area contributed by atoms with E-state index in [0.29, 0.717) is 86.9 Å². The number of nitrogens with one attached hydrogen (secondary N) is 2. The zero-order valence-corrected chi connectivity index (χ0v) is 36.3. The number of aromatic nitrogens is 8. The summed E-state index contributed by atoms with van der Waals surface area (Å²) in [6.07, 6.45) is 3.19. The number of halogens is 7. The Bertz CT molecular complexity index is 3180. The first-order valence-electron chi connectivity index (χ1n) is 18.2. The minimum atomic E-state index is -0.563. The van der Waals surface area contributed by atoms with Crippen LogP contribution in [0, 0.1) is 11.6 Å². The lowest BCUT2D eigenvalue weighted by atomic mass is 10.0. The number of hydrogen-bond acceptors (Lipinski definition) is 9. The van der Waals surface area contributed by atoms with E-state index in [4.69, 9.17) is 68.6 Å². The van der Waals surface area contributed by atoms with Gasteiger partial charge in [-0.25, -0.2) is 28.2 Å². The van der Waals surface area contributed by atoms with Crippen molar-refractivity contribution in [3.63, 3.8) is 0 Å². The highest BCUT2D eigenvalue weighted by Crippen LogP contribution is 2.37. The van der Waals surface area contributed by atoms with E-state index in [1.165, 1.54) is 35.0 Å². The first-order chi connectivity index (χ1) is 29.7. The topological polar surface area (TPSA) is 164 Å². The molecule has 4 N–H and O–H groups in total. The van der Waals surface area contributed by atoms with E-state index in [-0.39, 0.29) is 28.6 Å². The van der Waals surface area contributed by atoms with Crippen LogP contribution >= 0.6 is 58.0 Å². The summed E-state index contributed by atoms with van der Waals surface area (Å²) >= 11 is 31.0. The number of H-pyrrole nitrogens is 1. The molecule has 0 aliphatic rings. The normalized spacial score (nSPS) is 11.0. The maximum atomic E-state index is 13.7. The lowest BCUT2D eigenvalue weighted by Crippen LogP contribution is -2.15. The van der Waals surface area contributed by atoms with Crippen LogP contribution in [-0.2, 0) is 18.8 Å². The van der Waals surface area contributed by atoms with Crippen LogP contribution in [-0.4, -0.2) is 51.9 Å². The van der Waals surface area contributed by atoms with Gasteiger partial charge in [0.05, 0.1) is 68.5 Å². The van der Waals surface area contributed by atoms with E-state index in [1.54, 1.807) is 97.4 Å². The highest BCUT2D eigenvalue weighted by atomic mass is 35.5. The second-order valence-electron chi connectivity index (χ2n) is 13.3. The third-order valence-corrected chi connectivity index (χ3v) is 10.4. The molecule has 9 aromatic rings. The second kappa shape index (κ2) is 18.5. The number of aromatic amines is 1. The zero-order valence-electron chi connectivity index (χ0n) is 32.5. The maximum absolute atomic E-state index is 13.7. The van der Waals surface area contributed by atoms with Gasteiger partial charge in [0, 0.05) is 45.3 Å². The van der Waals surface area contributed by atoms with Crippen LogP contribution in [0.1, 0.15) is 17.3 Å². The molecule has 20 heteroatoms. The Labute approximate surface area is 375 Å². The van der Waals surface area contributed by atoms with Gasteiger partial charge in [0.2, 0.25) is 0 Å². The van der Waals surface area contributed by atoms with Gasteiger partial charge in [0.25, 0.3) is 5.56 Å². The molecule has 4 aromatic carbocycles. The van der Waals surface area contributed by atoms with E-state index in [1.807, 2.05) is 0 Å². The number of fused-ring (bicyclic) bond motifs is 4. The molecule has 0 aliphatic carbocycles. The van der Waals surface area contributed by atoms with Gasteiger partial charge in [-0.05, 0) is 79.7 Å². The number of carbonyl (C=O) groups excluding carboxylic acids is 1. The Morgan fingerprint density at radius 1 is 0.758 bits per heavy atom. The molecule has 0 amide bonds. The Balaban J connectivity index is 0.000000158. The van der Waals surface area contributed by atoms with Crippen molar-refractivity contribution in [2.24, 2.45) is 19.9 Å². The molecule has 5 heterocycles. The lowest BCUT2D eigenvalue weighted by molar-refractivity contribution is 0.0527. The quantitative estimate of drug-likeness (QED) is 0.0836. The second-order valence-corrected chi connectivity index (χ2v) is 15.4. The van der Waals surface area contributed by atoms with Gasteiger partial charge in [0.15, 0.2) is 11.3 Å². The van der Waals surface area contributed by atoms with Gasteiger partial charge in [-0.3, -0.25) is 25.1 Å². The van der Waals surface area contributed by atoms with E-state index >= 15 is 0 Å². The van der Waals surface area contributed by atoms with Gasteiger partial charge in [-0.2, -0.15) is 10.2 Å². The summed E-state index contributed by atoms with van der Waals surface area (Å²) < 4.78 is 35.6. The molecule has 0 aliphatic heterocycles. The number of nitrogens with zero attached hydrogens (tertiary/aromatic N) is 7. The SMILES string of the molecule is CCOC(=O)c1c(-c2cc(Cl)cc(Cl)c2)nc2c(cnn2C)c1Cl.Cn1ncc2c3[nH]n(-c4cccc(F)c4)c(=O)c3c(-c3cc(Cl)cc(Cl)c3)nc21.NNc1cccc(F)c1. The molecule has 0 radical (unpaired) electrons. The Morgan fingerprint density at radius 2 is 1.29 bits per heavy atom. The van der Waals surface area contributed by atoms with Gasteiger partial charge in [-0.15, -0.1) is 0 Å². The van der Waals surface area contributed by atoms with Crippen molar-refractivity contribution in [1.82, 2.24) is 39.3 Å². The summed E-state index contributed by atoms with van der Waals surface area (Å²) in [5.74, 6) is 3.71. The van der Waals surface area contributed by atoms with Crippen molar-refractivity contribution in [3.8, 4) is 28.2 Å². The number of hydrazine groups is 1. The maximum Gasteiger partial charge on any atom is 0.341 e. The molecule has 62 heavy (non-hydrogen) atoms. The van der Waals surface area contributed by atoms with Crippen LogP contribution < -0.4 is 16.8 Å². The summed E-state index contributed by atoms with van der Waals surface area (Å²) in [5.41, 5.74) is 6.67. The smallest absolute Gasteiger partial charge is 0.341 e. The van der Waals surface area contributed by atoms with Crippen LogP contribution in [0.25, 0.3) is 61.2 Å². The number of ether oxygens (including phenoxy) is 1. The van der Waals surface area contributed by atoms with Gasteiger partial charge in [0.1, 0.15) is 17.2 Å². The van der Waals surface area contributed by atoms with Crippen molar-refractivity contribution in [3.05, 3.63) is 150 Å². The molecule has 13 nitrogen and oxygen atoms in total. The highest BCUT2D eigenvalue weighted by Gasteiger charge is 2.25. The monoisotopic (exact) mass is 936 g/mol. The van der Waals surface area contributed by atoms with Gasteiger partial charge < -0.3 is 10.2 Å². The average molecular weight is 939 g/mol. The van der Waals surface area contributed by atoms with Crippen LogP contribution in [0.15, 0.2) is 102 Å². The molecule has 0 atom stereocenters. The largest absolute Gasteiger partial charge is 0.462 e. The number of rotatable bonds is 6. The molecule has 5 aromatic heterocycles. The first kappa shape index (κ1) is 44.0. The molecule has 0 spiro atoms. The molecule has 0 fully saturated rings. The number of anilines is 1. The molecule has 316 valence electrons. The molecular formula is C42H31Cl5F2N10O3. The van der Waals surface area contributed by atoms with E-state index in [9.17, 15) is 18.4 Å². The third kappa shape index (κ3) is 9.09. The number of nitrogen functional groups attached to an aromatic ring is 1. The number of nitrogens with two attached hydrogens (primary N) is 1. The van der Waals surface area contributed by atoms with Crippen molar-refractivity contribution >= 4 is 103 Å². The van der Waals surface area contributed by atoms with Crippen LogP contribution in [0.3, 0.4) is 0 Å². The summed E-state index contributed by atoms with van der Waals surface area (Å²) in [5, 5.41) is 15.0. The Morgan fingerprint density at radius 3 is 1.84 bits per heavy atom. The number of aryl methyl sites for hydroxylation is 2. The molecule has 0 saturated carbocycles. The number of hydrogen-bond donors (Lipinski definition) is 3. The zero-order chi connectivity index (χ0) is 44.4. The molecular weight excluding hydrogens is 908 g/mol. The number of carbonyl (C=O) groups is 1. The third-order valence-electron chi connectivity index (χ3n) is 9.15. The molecule has 9 rings (SSSR count). The Kier molecular flexibility index (Phi) is 13.1. The van der Waals surface area contributed by atoms with Gasteiger partial charge >= 0.3 is 5.97 Å². The number of benzene rings is 4. The average Bonchev–Trinajstić information content (AvgIpc) is 3.91. The molecule has 0 unspecified atom stereocenters. The fourth-order valence-electron chi connectivity index (χ4n) is 6.44. The number of pyridine rings is 2. The van der Waals surface area contributed by atoms with Crippen molar-refractivity contribution < 1.29 is 18.3 Å². The van der Waals surface area contributed by atoms with Crippen LogP contribution in [0.2, 0.25) is 25.1 Å². The fourth-order valence-corrected chi connectivity index (χ4v) is 7.79. The molecule has 0 bridgehead atoms. The summed E-state index contributed by atoms with van der Waals surface area (Å²) in [6.45, 7) is 1.94. The van der Waals surface area contributed by atoms with Gasteiger partial charge in [-0.1, -0.05) is 70.1 Å². The number of esters is 1. The standard InChI is InChI=1S/C20H12Cl2FN5O.C16H12Cl3N3O2.C6H7FN2/c1-27-19-15(9-24-27)18-16(17(25-19)10-5-11(21)7-12(22)6-10)20(29)28(26-18)14-4-2-3-13(23)8-14;1-3-24-16(23)12-13(19)11-7-20-22(2)15(11)21-14(12)8-4-9(17)6-10(18)5-8;7-5-2-1-3-6(4-5)9-8/h2-9,26H,1H3;4-7H,3H2,1-2H3;1-4,9H,8H2. The summed E-state index contributed by atoms with van der Waals surface area (Å²) in [4.78, 5) is 35.0. The summed E-state index contributed by atoms with van der Waals surface area (Å²) in [6, 6.07) is 21.6. The lowest BCUT2D eigenvalue weighted by Gasteiger charge is -2.12. The van der Waals surface area contributed by atoms with E-state index in [0.717, 1.165) is 0 Å². The van der Waals surface area contributed by atoms with E-state index < -0.39 is 11.8 Å². The minimum absolute atomic E-state index is 0.164. The van der Waals surface area contributed by atoms with Crippen molar-refractivity contribution in [1.29, 1.82) is 0 Å².